The lowest BCUT2D eigenvalue weighted by Gasteiger charge is -2.05. The van der Waals surface area contributed by atoms with E-state index in [-0.39, 0.29) is 5.75 Å². The summed E-state index contributed by atoms with van der Waals surface area (Å²) in [5, 5.41) is 0. The van der Waals surface area contributed by atoms with Gasteiger partial charge in [0.1, 0.15) is 0 Å². The third-order valence-electron chi connectivity index (χ3n) is 1.95. The zero-order chi connectivity index (χ0) is 11.3. The summed E-state index contributed by atoms with van der Waals surface area (Å²) in [7, 11) is -3.12. The van der Waals surface area contributed by atoms with Gasteiger partial charge in [0.25, 0.3) is 0 Å². The highest BCUT2D eigenvalue weighted by Gasteiger charge is 2.07. The van der Waals surface area contributed by atoms with Crippen LogP contribution in [0.4, 0.5) is 5.69 Å². The lowest BCUT2D eigenvalue weighted by Crippen LogP contribution is -2.25. The van der Waals surface area contributed by atoms with Gasteiger partial charge in [-0.1, -0.05) is 19.1 Å². The van der Waals surface area contributed by atoms with Gasteiger partial charge in [-0.2, -0.15) is 0 Å². The van der Waals surface area contributed by atoms with Gasteiger partial charge in [-0.25, -0.2) is 13.1 Å². The van der Waals surface area contributed by atoms with E-state index in [2.05, 4.69) is 4.72 Å². The Morgan fingerprint density at radius 3 is 2.40 bits per heavy atom. The largest absolute Gasteiger partial charge is 0.399 e. The highest BCUT2D eigenvalue weighted by atomic mass is 32.2. The summed E-state index contributed by atoms with van der Waals surface area (Å²) in [6.45, 7) is 2.16. The second-order valence-electron chi connectivity index (χ2n) is 3.38. The average molecular weight is 228 g/mol. The van der Waals surface area contributed by atoms with Crippen molar-refractivity contribution in [2.45, 2.75) is 19.9 Å². The van der Waals surface area contributed by atoms with E-state index in [9.17, 15) is 8.42 Å². The Balaban J connectivity index is 2.54. The molecule has 4 nitrogen and oxygen atoms in total. The van der Waals surface area contributed by atoms with E-state index in [1.807, 2.05) is 19.1 Å². The summed E-state index contributed by atoms with van der Waals surface area (Å²) in [5.41, 5.74) is 7.10. The predicted molar refractivity (Wildman–Crippen MR) is 61.8 cm³/mol. The van der Waals surface area contributed by atoms with E-state index < -0.39 is 10.0 Å². The number of hydrogen-bond acceptors (Lipinski definition) is 3. The molecule has 0 bridgehead atoms. The molecule has 0 saturated heterocycles. The maximum atomic E-state index is 11.3. The van der Waals surface area contributed by atoms with Crippen LogP contribution in [0.25, 0.3) is 0 Å². The first-order valence-corrected chi connectivity index (χ1v) is 6.50. The van der Waals surface area contributed by atoms with Gasteiger partial charge in [0.05, 0.1) is 5.75 Å². The minimum Gasteiger partial charge on any atom is -0.399 e. The Kier molecular flexibility index (Phi) is 4.11. The van der Waals surface area contributed by atoms with Gasteiger partial charge in [0, 0.05) is 12.2 Å². The Morgan fingerprint density at radius 2 is 1.87 bits per heavy atom. The highest BCUT2D eigenvalue weighted by Crippen LogP contribution is 2.05. The molecular formula is C10H16N2O2S. The van der Waals surface area contributed by atoms with Crippen LogP contribution in [0.3, 0.4) is 0 Å². The molecule has 0 spiro atoms. The third kappa shape index (κ3) is 4.31. The molecule has 1 aromatic rings. The monoisotopic (exact) mass is 228 g/mol. The number of sulfonamides is 1. The number of benzene rings is 1. The smallest absolute Gasteiger partial charge is 0.211 e. The molecule has 1 aromatic carbocycles. The molecule has 0 unspecified atom stereocenters. The normalized spacial score (nSPS) is 11.5. The zero-order valence-corrected chi connectivity index (χ0v) is 9.55. The summed E-state index contributed by atoms with van der Waals surface area (Å²) in [6.07, 6.45) is 0.622. The van der Waals surface area contributed by atoms with E-state index >= 15 is 0 Å². The molecule has 5 heteroatoms. The molecule has 0 fully saturated rings. The standard InChI is InChI=1S/C10H16N2O2S/c1-2-7-15(13,14)12-8-9-3-5-10(11)6-4-9/h3-6,12H,2,7-8,11H2,1H3. The van der Waals surface area contributed by atoms with Crippen LogP contribution in [0, 0.1) is 0 Å². The van der Waals surface area contributed by atoms with E-state index in [0.29, 0.717) is 18.7 Å². The molecule has 0 aliphatic heterocycles. The van der Waals surface area contributed by atoms with Gasteiger partial charge in [-0.15, -0.1) is 0 Å². The number of nitrogens with two attached hydrogens (primary N) is 1. The fourth-order valence-corrected chi connectivity index (χ4v) is 2.24. The van der Waals surface area contributed by atoms with Gasteiger partial charge in [0.15, 0.2) is 0 Å². The van der Waals surface area contributed by atoms with E-state index in [4.69, 9.17) is 5.73 Å². The van der Waals surface area contributed by atoms with E-state index in [1.54, 1.807) is 12.1 Å². The van der Waals surface area contributed by atoms with Crippen LogP contribution >= 0.6 is 0 Å². The molecule has 0 aliphatic rings. The first-order valence-electron chi connectivity index (χ1n) is 4.85. The fraction of sp³-hybridized carbons (Fsp3) is 0.400. The van der Waals surface area contributed by atoms with Crippen molar-refractivity contribution in [3.63, 3.8) is 0 Å². The van der Waals surface area contributed by atoms with Gasteiger partial charge in [0.2, 0.25) is 10.0 Å². The number of rotatable bonds is 5. The summed E-state index contributed by atoms with van der Waals surface area (Å²) in [6, 6.07) is 7.13. The van der Waals surface area contributed by atoms with Crippen molar-refractivity contribution in [1.29, 1.82) is 0 Å². The highest BCUT2D eigenvalue weighted by molar-refractivity contribution is 7.89. The van der Waals surface area contributed by atoms with Crippen LogP contribution in [-0.4, -0.2) is 14.2 Å². The molecule has 0 radical (unpaired) electrons. The fourth-order valence-electron chi connectivity index (χ4n) is 1.17. The molecule has 0 heterocycles. The molecule has 3 N–H and O–H groups in total. The topological polar surface area (TPSA) is 72.2 Å². The third-order valence-corrected chi connectivity index (χ3v) is 3.48. The minimum atomic E-state index is -3.12. The zero-order valence-electron chi connectivity index (χ0n) is 8.73. The molecule has 1 rings (SSSR count). The van der Waals surface area contributed by atoms with Crippen molar-refractivity contribution in [1.82, 2.24) is 4.72 Å². The Bertz CT molecular complexity index is 398. The Morgan fingerprint density at radius 1 is 1.27 bits per heavy atom. The quantitative estimate of drug-likeness (QED) is 0.741. The van der Waals surface area contributed by atoms with Crippen LogP contribution in [0.1, 0.15) is 18.9 Å². The second kappa shape index (κ2) is 5.14. The van der Waals surface area contributed by atoms with E-state index in [0.717, 1.165) is 5.56 Å². The number of anilines is 1. The number of nitrogens with one attached hydrogen (secondary N) is 1. The maximum Gasteiger partial charge on any atom is 0.211 e. The van der Waals surface area contributed by atoms with Crippen LogP contribution in [-0.2, 0) is 16.6 Å². The van der Waals surface area contributed by atoms with Gasteiger partial charge >= 0.3 is 0 Å². The van der Waals surface area contributed by atoms with Crippen molar-refractivity contribution in [2.75, 3.05) is 11.5 Å². The van der Waals surface area contributed by atoms with Crippen LogP contribution in [0.2, 0.25) is 0 Å². The summed E-state index contributed by atoms with van der Waals surface area (Å²) in [5.74, 6) is 0.169. The van der Waals surface area contributed by atoms with Gasteiger partial charge in [-0.05, 0) is 24.1 Å². The molecule has 0 saturated carbocycles. The Hall–Kier alpha value is -1.07. The molecular weight excluding hydrogens is 212 g/mol. The number of hydrogen-bond donors (Lipinski definition) is 2. The SMILES string of the molecule is CCCS(=O)(=O)NCc1ccc(N)cc1. The Labute approximate surface area is 90.5 Å². The molecule has 0 atom stereocenters. The van der Waals surface area contributed by atoms with Gasteiger partial charge < -0.3 is 5.73 Å². The summed E-state index contributed by atoms with van der Waals surface area (Å²) < 4.78 is 25.2. The van der Waals surface area contributed by atoms with Crippen LogP contribution < -0.4 is 10.5 Å². The molecule has 0 amide bonds. The molecule has 0 aliphatic carbocycles. The molecule has 15 heavy (non-hydrogen) atoms. The van der Waals surface area contributed by atoms with Crippen molar-refractivity contribution in [3.8, 4) is 0 Å². The van der Waals surface area contributed by atoms with Crippen LogP contribution in [0.15, 0.2) is 24.3 Å². The van der Waals surface area contributed by atoms with Crippen molar-refractivity contribution in [2.24, 2.45) is 0 Å². The summed E-state index contributed by atoms with van der Waals surface area (Å²) in [4.78, 5) is 0. The lowest BCUT2D eigenvalue weighted by molar-refractivity contribution is 0.580. The number of nitrogen functional groups attached to an aromatic ring is 1. The lowest BCUT2D eigenvalue weighted by atomic mass is 10.2. The van der Waals surface area contributed by atoms with Gasteiger partial charge in [-0.3, -0.25) is 0 Å². The summed E-state index contributed by atoms with van der Waals surface area (Å²) >= 11 is 0. The second-order valence-corrected chi connectivity index (χ2v) is 5.31. The molecule has 84 valence electrons. The first kappa shape index (κ1) is 12.0. The van der Waals surface area contributed by atoms with Crippen molar-refractivity contribution < 1.29 is 8.42 Å². The van der Waals surface area contributed by atoms with Crippen molar-refractivity contribution in [3.05, 3.63) is 29.8 Å². The minimum absolute atomic E-state index is 0.169. The predicted octanol–water partition coefficient (Wildman–Crippen LogP) is 1.10. The van der Waals surface area contributed by atoms with Crippen molar-refractivity contribution >= 4 is 15.7 Å². The average Bonchev–Trinajstić information content (AvgIpc) is 2.17. The van der Waals surface area contributed by atoms with Crippen LogP contribution in [0.5, 0.6) is 0 Å². The van der Waals surface area contributed by atoms with E-state index in [1.165, 1.54) is 0 Å². The maximum absolute atomic E-state index is 11.3. The first-order chi connectivity index (χ1) is 7.03. The molecule has 0 aromatic heterocycles.